The molecule has 17 heavy (non-hydrogen) atoms. The molecule has 2 rings (SSSR count). The number of likely N-dealkylation sites (N-methyl/N-ethyl adjacent to an activating group) is 1. The largest absolute Gasteiger partial charge is 0.480 e. The SMILES string of the molecule is CN1C2CCC1CN(C(CCN)C(=O)O)CC2. The predicted molar refractivity (Wildman–Crippen MR) is 65.9 cm³/mol. The Hall–Kier alpha value is -0.650. The normalized spacial score (nSPS) is 32.4. The maximum Gasteiger partial charge on any atom is 0.320 e. The van der Waals surface area contributed by atoms with Crippen molar-refractivity contribution in [2.24, 2.45) is 5.73 Å². The maximum absolute atomic E-state index is 11.3. The van der Waals surface area contributed by atoms with Crippen LogP contribution in [-0.4, -0.2) is 65.7 Å². The van der Waals surface area contributed by atoms with Crippen molar-refractivity contribution >= 4 is 5.97 Å². The van der Waals surface area contributed by atoms with E-state index in [9.17, 15) is 9.90 Å². The number of carboxylic acid groups (broad SMARTS) is 1. The highest BCUT2D eigenvalue weighted by atomic mass is 16.4. The van der Waals surface area contributed by atoms with Crippen molar-refractivity contribution in [2.75, 3.05) is 26.7 Å². The second-order valence-corrected chi connectivity index (χ2v) is 5.27. The Morgan fingerprint density at radius 1 is 1.41 bits per heavy atom. The summed E-state index contributed by atoms with van der Waals surface area (Å²) in [4.78, 5) is 15.8. The summed E-state index contributed by atoms with van der Waals surface area (Å²) in [5, 5.41) is 9.27. The summed E-state index contributed by atoms with van der Waals surface area (Å²) >= 11 is 0. The minimum absolute atomic E-state index is 0.396. The van der Waals surface area contributed by atoms with Crippen molar-refractivity contribution in [1.82, 2.24) is 9.80 Å². The first kappa shape index (κ1) is 12.8. The Labute approximate surface area is 103 Å². The Bertz CT molecular complexity index is 285. The highest BCUT2D eigenvalue weighted by Gasteiger charge is 2.37. The standard InChI is InChI=1S/C12H23N3O2/c1-14-9-2-3-10(14)8-15(7-5-9)11(4-6-13)12(16)17/h9-11H,2-8,13H2,1H3,(H,16,17). The lowest BCUT2D eigenvalue weighted by atomic mass is 10.1. The van der Waals surface area contributed by atoms with Crippen molar-refractivity contribution < 1.29 is 9.90 Å². The van der Waals surface area contributed by atoms with E-state index in [1.165, 1.54) is 12.8 Å². The van der Waals surface area contributed by atoms with E-state index in [4.69, 9.17) is 5.73 Å². The summed E-state index contributed by atoms with van der Waals surface area (Å²) in [7, 11) is 2.17. The summed E-state index contributed by atoms with van der Waals surface area (Å²) in [5.41, 5.74) is 5.52. The van der Waals surface area contributed by atoms with E-state index >= 15 is 0 Å². The van der Waals surface area contributed by atoms with E-state index in [1.54, 1.807) is 0 Å². The maximum atomic E-state index is 11.3. The molecule has 0 radical (unpaired) electrons. The number of hydrogen-bond acceptors (Lipinski definition) is 4. The van der Waals surface area contributed by atoms with Crippen LogP contribution in [0.4, 0.5) is 0 Å². The first-order chi connectivity index (χ1) is 8.13. The fraction of sp³-hybridized carbons (Fsp3) is 0.917. The topological polar surface area (TPSA) is 69.8 Å². The van der Waals surface area contributed by atoms with E-state index in [-0.39, 0.29) is 0 Å². The molecule has 0 aromatic heterocycles. The third-order valence-corrected chi connectivity index (χ3v) is 4.35. The monoisotopic (exact) mass is 241 g/mol. The highest BCUT2D eigenvalue weighted by molar-refractivity contribution is 5.73. The predicted octanol–water partition coefficient (Wildman–Crippen LogP) is -0.0431. The van der Waals surface area contributed by atoms with Crippen LogP contribution in [0.15, 0.2) is 0 Å². The minimum atomic E-state index is -0.726. The Morgan fingerprint density at radius 3 is 2.76 bits per heavy atom. The fourth-order valence-corrected chi connectivity index (χ4v) is 3.24. The molecule has 2 heterocycles. The number of nitrogens with two attached hydrogens (primary N) is 1. The molecule has 2 aliphatic rings. The van der Waals surface area contributed by atoms with Gasteiger partial charge in [-0.3, -0.25) is 14.6 Å². The van der Waals surface area contributed by atoms with Gasteiger partial charge in [0, 0.05) is 25.2 Å². The number of likely N-dealkylation sites (tertiary alicyclic amines) is 1. The van der Waals surface area contributed by atoms with E-state index in [0.717, 1.165) is 19.5 Å². The molecule has 0 aliphatic carbocycles. The van der Waals surface area contributed by atoms with E-state index in [2.05, 4.69) is 16.8 Å². The zero-order chi connectivity index (χ0) is 12.4. The number of aliphatic carboxylic acids is 1. The third-order valence-electron chi connectivity index (χ3n) is 4.35. The number of rotatable bonds is 4. The van der Waals surface area contributed by atoms with Crippen LogP contribution in [0, 0.1) is 0 Å². The zero-order valence-electron chi connectivity index (χ0n) is 10.5. The third kappa shape index (κ3) is 2.61. The number of carbonyl (C=O) groups is 1. The van der Waals surface area contributed by atoms with Gasteiger partial charge in [-0.05, 0) is 39.3 Å². The number of hydrogen-bond donors (Lipinski definition) is 2. The molecule has 0 aromatic carbocycles. The molecule has 3 unspecified atom stereocenters. The van der Waals surface area contributed by atoms with Crippen molar-refractivity contribution in [2.45, 2.75) is 43.8 Å². The van der Waals surface area contributed by atoms with Crippen molar-refractivity contribution in [3.05, 3.63) is 0 Å². The first-order valence-electron chi connectivity index (χ1n) is 6.52. The second-order valence-electron chi connectivity index (χ2n) is 5.27. The fourth-order valence-electron chi connectivity index (χ4n) is 3.24. The first-order valence-corrected chi connectivity index (χ1v) is 6.52. The average Bonchev–Trinajstić information content (AvgIpc) is 2.51. The zero-order valence-corrected chi connectivity index (χ0v) is 10.5. The lowest BCUT2D eigenvalue weighted by Crippen LogP contribution is -2.46. The smallest absolute Gasteiger partial charge is 0.320 e. The van der Waals surface area contributed by atoms with Gasteiger partial charge in [-0.1, -0.05) is 0 Å². The molecule has 0 spiro atoms. The molecule has 0 aromatic rings. The van der Waals surface area contributed by atoms with Gasteiger partial charge >= 0.3 is 5.97 Å². The van der Waals surface area contributed by atoms with Gasteiger partial charge in [0.15, 0.2) is 0 Å². The van der Waals surface area contributed by atoms with Crippen LogP contribution in [0.1, 0.15) is 25.7 Å². The van der Waals surface area contributed by atoms with E-state index in [1.807, 2.05) is 0 Å². The van der Waals surface area contributed by atoms with Crippen molar-refractivity contribution in [3.8, 4) is 0 Å². The van der Waals surface area contributed by atoms with Gasteiger partial charge in [-0.25, -0.2) is 0 Å². The van der Waals surface area contributed by atoms with Gasteiger partial charge in [0.05, 0.1) is 0 Å². The molecule has 2 bridgehead atoms. The summed E-state index contributed by atoms with van der Waals surface area (Å²) in [6.45, 7) is 2.21. The molecule has 3 N–H and O–H groups in total. The van der Waals surface area contributed by atoms with E-state index in [0.29, 0.717) is 25.0 Å². The summed E-state index contributed by atoms with van der Waals surface area (Å²) < 4.78 is 0. The van der Waals surface area contributed by atoms with Crippen molar-refractivity contribution in [3.63, 3.8) is 0 Å². The summed E-state index contributed by atoms with van der Waals surface area (Å²) in [6.07, 6.45) is 4.11. The van der Waals surface area contributed by atoms with Gasteiger partial charge in [-0.2, -0.15) is 0 Å². The van der Waals surface area contributed by atoms with Crippen LogP contribution in [0.3, 0.4) is 0 Å². The molecule has 5 nitrogen and oxygen atoms in total. The van der Waals surface area contributed by atoms with Crippen LogP contribution in [0.25, 0.3) is 0 Å². The van der Waals surface area contributed by atoms with Gasteiger partial charge < -0.3 is 10.8 Å². The number of fused-ring (bicyclic) bond motifs is 2. The highest BCUT2D eigenvalue weighted by Crippen LogP contribution is 2.29. The Balaban J connectivity index is 2.04. The van der Waals surface area contributed by atoms with Gasteiger partial charge in [0.25, 0.3) is 0 Å². The number of nitrogens with zero attached hydrogens (tertiary/aromatic N) is 2. The second kappa shape index (κ2) is 5.33. The molecule has 2 aliphatic heterocycles. The van der Waals surface area contributed by atoms with Crippen LogP contribution in [0.5, 0.6) is 0 Å². The lowest BCUT2D eigenvalue weighted by Gasteiger charge is -2.30. The van der Waals surface area contributed by atoms with Gasteiger partial charge in [0.1, 0.15) is 6.04 Å². The Kier molecular flexibility index (Phi) is 4.01. The molecule has 3 atom stereocenters. The van der Waals surface area contributed by atoms with E-state index < -0.39 is 12.0 Å². The molecule has 5 heteroatoms. The van der Waals surface area contributed by atoms with Crippen LogP contribution < -0.4 is 5.73 Å². The van der Waals surface area contributed by atoms with Gasteiger partial charge in [-0.15, -0.1) is 0 Å². The minimum Gasteiger partial charge on any atom is -0.480 e. The summed E-state index contributed by atoms with van der Waals surface area (Å²) in [6, 6.07) is 0.784. The molecule has 2 saturated heterocycles. The lowest BCUT2D eigenvalue weighted by molar-refractivity contribution is -0.143. The number of carboxylic acids is 1. The molecule has 98 valence electrons. The Morgan fingerprint density at radius 2 is 2.12 bits per heavy atom. The molecule has 0 saturated carbocycles. The molecule has 2 fully saturated rings. The molecule has 0 amide bonds. The summed E-state index contributed by atoms with van der Waals surface area (Å²) in [5.74, 6) is -0.726. The quantitative estimate of drug-likeness (QED) is 0.722. The van der Waals surface area contributed by atoms with Crippen LogP contribution >= 0.6 is 0 Å². The van der Waals surface area contributed by atoms with Gasteiger partial charge in [0.2, 0.25) is 0 Å². The molecular formula is C12H23N3O2. The van der Waals surface area contributed by atoms with Crippen LogP contribution in [-0.2, 0) is 4.79 Å². The van der Waals surface area contributed by atoms with Crippen LogP contribution in [0.2, 0.25) is 0 Å². The average molecular weight is 241 g/mol. The van der Waals surface area contributed by atoms with Crippen molar-refractivity contribution in [1.29, 1.82) is 0 Å². The molecular weight excluding hydrogens is 218 g/mol.